The Morgan fingerprint density at radius 3 is 2.00 bits per heavy atom. The van der Waals surface area contributed by atoms with E-state index in [-0.39, 0.29) is 0 Å². The third kappa shape index (κ3) is 8.58. The summed E-state index contributed by atoms with van der Waals surface area (Å²) in [7, 11) is 0. The van der Waals surface area contributed by atoms with Crippen LogP contribution in [-0.2, 0) is 0 Å². The molecule has 2 unspecified atom stereocenters. The van der Waals surface area contributed by atoms with Gasteiger partial charge in [-0.25, -0.2) is 0 Å². The van der Waals surface area contributed by atoms with Gasteiger partial charge in [0.2, 0.25) is 0 Å². The second kappa shape index (κ2) is 6.94. The van der Waals surface area contributed by atoms with E-state index in [0.717, 1.165) is 11.8 Å². The van der Waals surface area contributed by atoms with Crippen molar-refractivity contribution >= 4 is 15.9 Å². The predicted octanol–water partition coefficient (Wildman–Crippen LogP) is 4.62. The summed E-state index contributed by atoms with van der Waals surface area (Å²) >= 11 is 3.60. The molecule has 0 amide bonds. The SMILES string of the molecule is CC(C)CCCC(C)CC(C)Br. The van der Waals surface area contributed by atoms with Crippen molar-refractivity contribution in [2.24, 2.45) is 11.8 Å². The first kappa shape index (κ1) is 12.5. The van der Waals surface area contributed by atoms with Crippen molar-refractivity contribution < 1.29 is 0 Å². The molecule has 1 heteroatoms. The molecule has 0 nitrogen and oxygen atoms in total. The van der Waals surface area contributed by atoms with Crippen LogP contribution in [0.3, 0.4) is 0 Å². The van der Waals surface area contributed by atoms with Gasteiger partial charge in [0.05, 0.1) is 0 Å². The Labute approximate surface area is 86.3 Å². The second-order valence-electron chi connectivity index (χ2n) is 4.45. The Balaban J connectivity index is 3.25. The molecule has 0 aromatic carbocycles. The molecular weight excluding hydrogens is 212 g/mol. The molecule has 0 saturated heterocycles. The highest BCUT2D eigenvalue weighted by Crippen LogP contribution is 2.19. The maximum Gasteiger partial charge on any atom is 0.0120 e. The number of halogens is 1. The minimum absolute atomic E-state index is 0.687. The van der Waals surface area contributed by atoms with Crippen LogP contribution in [-0.4, -0.2) is 4.83 Å². The van der Waals surface area contributed by atoms with Gasteiger partial charge in [-0.05, 0) is 18.3 Å². The van der Waals surface area contributed by atoms with E-state index in [9.17, 15) is 0 Å². The molecule has 0 fully saturated rings. The Morgan fingerprint density at radius 1 is 1.00 bits per heavy atom. The normalized spacial score (nSPS) is 16.5. The van der Waals surface area contributed by atoms with Gasteiger partial charge in [0.1, 0.15) is 0 Å². The first-order chi connectivity index (χ1) is 5.52. The second-order valence-corrected chi connectivity index (χ2v) is 6.01. The van der Waals surface area contributed by atoms with Crippen molar-refractivity contribution in [3.8, 4) is 0 Å². The molecular formula is C11H23Br. The summed E-state index contributed by atoms with van der Waals surface area (Å²) in [5, 5.41) is 0. The van der Waals surface area contributed by atoms with Crippen molar-refractivity contribution in [2.45, 2.75) is 58.2 Å². The fourth-order valence-corrected chi connectivity index (χ4v) is 2.19. The van der Waals surface area contributed by atoms with Gasteiger partial charge in [0, 0.05) is 4.83 Å². The molecule has 12 heavy (non-hydrogen) atoms. The highest BCUT2D eigenvalue weighted by molar-refractivity contribution is 9.09. The molecule has 0 spiro atoms. The number of alkyl halides is 1. The molecule has 0 bridgehead atoms. The Bertz CT molecular complexity index is 97.2. The van der Waals surface area contributed by atoms with Crippen LogP contribution in [0.1, 0.15) is 53.4 Å². The lowest BCUT2D eigenvalue weighted by molar-refractivity contribution is 0.438. The third-order valence-corrected chi connectivity index (χ3v) is 2.58. The zero-order chi connectivity index (χ0) is 9.56. The van der Waals surface area contributed by atoms with Gasteiger partial charge in [-0.2, -0.15) is 0 Å². The van der Waals surface area contributed by atoms with Crippen LogP contribution in [0, 0.1) is 11.8 Å². The summed E-state index contributed by atoms with van der Waals surface area (Å²) < 4.78 is 0. The molecule has 0 N–H and O–H groups in total. The fourth-order valence-electron chi connectivity index (χ4n) is 1.55. The summed E-state index contributed by atoms with van der Waals surface area (Å²) in [5.74, 6) is 1.76. The lowest BCUT2D eigenvalue weighted by atomic mass is 9.96. The summed E-state index contributed by atoms with van der Waals surface area (Å²) in [6.07, 6.45) is 5.51. The number of hydrogen-bond donors (Lipinski definition) is 0. The quantitative estimate of drug-likeness (QED) is 0.589. The largest absolute Gasteiger partial charge is 0.0894 e. The van der Waals surface area contributed by atoms with E-state index in [0.29, 0.717) is 4.83 Å². The highest BCUT2D eigenvalue weighted by atomic mass is 79.9. The first-order valence-electron chi connectivity index (χ1n) is 5.16. The summed E-state index contributed by atoms with van der Waals surface area (Å²) in [6, 6.07) is 0. The van der Waals surface area contributed by atoms with Crippen LogP contribution in [0.4, 0.5) is 0 Å². The predicted molar refractivity (Wildman–Crippen MR) is 60.9 cm³/mol. The molecule has 0 aliphatic rings. The van der Waals surface area contributed by atoms with Gasteiger partial charge < -0.3 is 0 Å². The van der Waals surface area contributed by atoms with Crippen LogP contribution in [0.25, 0.3) is 0 Å². The maximum absolute atomic E-state index is 3.60. The molecule has 0 rings (SSSR count). The molecule has 0 aromatic rings. The van der Waals surface area contributed by atoms with E-state index in [2.05, 4.69) is 43.6 Å². The zero-order valence-electron chi connectivity index (χ0n) is 8.94. The molecule has 0 aliphatic carbocycles. The van der Waals surface area contributed by atoms with E-state index >= 15 is 0 Å². The standard InChI is InChI=1S/C11H23Br/c1-9(2)6-5-7-10(3)8-11(4)12/h9-11H,5-8H2,1-4H3. The maximum atomic E-state index is 3.60. The van der Waals surface area contributed by atoms with Crippen LogP contribution >= 0.6 is 15.9 Å². The molecule has 0 aromatic heterocycles. The van der Waals surface area contributed by atoms with Gasteiger partial charge in [-0.15, -0.1) is 0 Å². The van der Waals surface area contributed by atoms with Crippen molar-refractivity contribution in [1.29, 1.82) is 0 Å². The first-order valence-corrected chi connectivity index (χ1v) is 6.08. The Kier molecular flexibility index (Phi) is 7.22. The average molecular weight is 235 g/mol. The molecule has 0 aliphatic heterocycles. The topological polar surface area (TPSA) is 0 Å². The van der Waals surface area contributed by atoms with Crippen LogP contribution in [0.2, 0.25) is 0 Å². The zero-order valence-corrected chi connectivity index (χ0v) is 10.5. The van der Waals surface area contributed by atoms with Crippen LogP contribution in [0.15, 0.2) is 0 Å². The third-order valence-electron chi connectivity index (χ3n) is 2.21. The van der Waals surface area contributed by atoms with Gasteiger partial charge in [-0.1, -0.05) is 62.9 Å². The average Bonchev–Trinajstić information content (AvgIpc) is 1.84. The van der Waals surface area contributed by atoms with Crippen LogP contribution in [0.5, 0.6) is 0 Å². The van der Waals surface area contributed by atoms with E-state index in [1.54, 1.807) is 0 Å². The van der Waals surface area contributed by atoms with Crippen molar-refractivity contribution in [3.63, 3.8) is 0 Å². The highest BCUT2D eigenvalue weighted by Gasteiger charge is 2.05. The fraction of sp³-hybridized carbons (Fsp3) is 1.00. The minimum atomic E-state index is 0.687. The van der Waals surface area contributed by atoms with Gasteiger partial charge in [0.15, 0.2) is 0 Å². The molecule has 74 valence electrons. The molecule has 0 saturated carbocycles. The monoisotopic (exact) mass is 234 g/mol. The molecule has 0 radical (unpaired) electrons. The number of rotatable bonds is 6. The van der Waals surface area contributed by atoms with Crippen molar-refractivity contribution in [1.82, 2.24) is 0 Å². The molecule has 0 heterocycles. The number of hydrogen-bond acceptors (Lipinski definition) is 0. The van der Waals surface area contributed by atoms with E-state index in [1.807, 2.05) is 0 Å². The van der Waals surface area contributed by atoms with Gasteiger partial charge >= 0.3 is 0 Å². The Hall–Kier alpha value is 0.480. The van der Waals surface area contributed by atoms with E-state index < -0.39 is 0 Å². The Morgan fingerprint density at radius 2 is 1.58 bits per heavy atom. The van der Waals surface area contributed by atoms with Crippen molar-refractivity contribution in [3.05, 3.63) is 0 Å². The summed E-state index contributed by atoms with van der Waals surface area (Å²) in [6.45, 7) is 9.20. The van der Waals surface area contributed by atoms with Crippen molar-refractivity contribution in [2.75, 3.05) is 0 Å². The van der Waals surface area contributed by atoms with Gasteiger partial charge in [-0.3, -0.25) is 0 Å². The lowest BCUT2D eigenvalue weighted by Gasteiger charge is -2.13. The smallest absolute Gasteiger partial charge is 0.0120 e. The van der Waals surface area contributed by atoms with E-state index in [4.69, 9.17) is 0 Å². The minimum Gasteiger partial charge on any atom is -0.0894 e. The summed E-state index contributed by atoms with van der Waals surface area (Å²) in [4.78, 5) is 0.687. The van der Waals surface area contributed by atoms with E-state index in [1.165, 1.54) is 25.7 Å². The lowest BCUT2D eigenvalue weighted by Crippen LogP contribution is -2.02. The summed E-state index contributed by atoms with van der Waals surface area (Å²) in [5.41, 5.74) is 0. The molecule has 2 atom stereocenters. The van der Waals surface area contributed by atoms with Crippen LogP contribution < -0.4 is 0 Å². The van der Waals surface area contributed by atoms with Gasteiger partial charge in [0.25, 0.3) is 0 Å².